The molecule has 1 heterocycles. The number of fused-ring (bicyclic) bond motifs is 1. The van der Waals surface area contributed by atoms with Crippen molar-refractivity contribution in [1.29, 1.82) is 0 Å². The lowest BCUT2D eigenvalue weighted by molar-refractivity contribution is -0.151. The summed E-state index contributed by atoms with van der Waals surface area (Å²) in [6, 6.07) is 6.24. The minimum Gasteiger partial charge on any atom is -0.480 e. The topological polar surface area (TPSA) is 91.8 Å². The van der Waals surface area contributed by atoms with Gasteiger partial charge >= 0.3 is 5.97 Å². The molecule has 7 heteroatoms. The summed E-state index contributed by atoms with van der Waals surface area (Å²) in [6.45, 7) is 1.41. The Bertz CT molecular complexity index is 682. The Morgan fingerprint density at radius 3 is 2.38 bits per heavy atom. The summed E-state index contributed by atoms with van der Waals surface area (Å²) < 4.78 is 23.1. The Kier molecular flexibility index (Phi) is 4.04. The number of carbonyl (C=O) groups excluding carboxylic acids is 1. The van der Waals surface area contributed by atoms with Crippen molar-refractivity contribution in [2.75, 3.05) is 6.26 Å². The van der Waals surface area contributed by atoms with E-state index in [4.69, 9.17) is 0 Å². The molecule has 0 unspecified atom stereocenters. The van der Waals surface area contributed by atoms with Crippen LogP contribution in [0.1, 0.15) is 18.1 Å². The van der Waals surface area contributed by atoms with Gasteiger partial charge in [-0.2, -0.15) is 0 Å². The molecule has 1 aromatic rings. The van der Waals surface area contributed by atoms with Crippen LogP contribution < -0.4 is 0 Å². The molecule has 0 radical (unpaired) electrons. The van der Waals surface area contributed by atoms with Crippen LogP contribution in [-0.2, 0) is 32.4 Å². The molecule has 2 rings (SSSR count). The molecular formula is C14H17NO5S. The summed E-state index contributed by atoms with van der Waals surface area (Å²) in [5.41, 5.74) is 1.73. The lowest BCUT2D eigenvalue weighted by Crippen LogP contribution is -2.52. The van der Waals surface area contributed by atoms with E-state index in [-0.39, 0.29) is 13.0 Å². The smallest absolute Gasteiger partial charge is 0.326 e. The van der Waals surface area contributed by atoms with E-state index >= 15 is 0 Å². The van der Waals surface area contributed by atoms with E-state index in [1.54, 1.807) is 0 Å². The fourth-order valence-electron chi connectivity index (χ4n) is 2.39. The molecule has 1 aliphatic heterocycles. The summed E-state index contributed by atoms with van der Waals surface area (Å²) in [5, 5.41) is 8.08. The highest BCUT2D eigenvalue weighted by atomic mass is 32.2. The number of rotatable bonds is 3. The number of amides is 1. The third-order valence-corrected chi connectivity index (χ3v) is 5.29. The zero-order chi connectivity index (χ0) is 15.8. The third-order valence-electron chi connectivity index (χ3n) is 3.81. The SMILES string of the molecule is C[C@@H](C(=O)N1Cc2ccccc2C[C@H]1C(=O)O)S(C)(=O)=O. The predicted octanol–water partition coefficient (Wildman–Crippen LogP) is 0.458. The fourth-order valence-corrected chi connectivity index (χ4v) is 2.89. The number of carbonyl (C=O) groups is 2. The lowest BCUT2D eigenvalue weighted by Gasteiger charge is -2.35. The highest BCUT2D eigenvalue weighted by Gasteiger charge is 2.38. The van der Waals surface area contributed by atoms with Gasteiger partial charge in [-0.15, -0.1) is 0 Å². The Morgan fingerprint density at radius 2 is 1.86 bits per heavy atom. The standard InChI is InChI=1S/C14H17NO5S/c1-9(21(2,19)20)13(16)15-8-11-6-4-3-5-10(11)7-12(15)14(17)18/h3-6,9,12H,7-8H2,1-2H3,(H,17,18)/t9-,12-/m0/s1. The van der Waals surface area contributed by atoms with Crippen molar-refractivity contribution >= 4 is 21.7 Å². The van der Waals surface area contributed by atoms with Crippen molar-refractivity contribution in [2.24, 2.45) is 0 Å². The van der Waals surface area contributed by atoms with Crippen molar-refractivity contribution in [3.63, 3.8) is 0 Å². The highest BCUT2D eigenvalue weighted by molar-refractivity contribution is 7.92. The molecular weight excluding hydrogens is 294 g/mol. The summed E-state index contributed by atoms with van der Waals surface area (Å²) >= 11 is 0. The second kappa shape index (κ2) is 5.48. The first kappa shape index (κ1) is 15.5. The second-order valence-electron chi connectivity index (χ2n) is 5.26. The van der Waals surface area contributed by atoms with Gasteiger partial charge in [-0.3, -0.25) is 4.79 Å². The molecule has 1 aliphatic rings. The van der Waals surface area contributed by atoms with Crippen molar-refractivity contribution in [3.8, 4) is 0 Å². The lowest BCUT2D eigenvalue weighted by atomic mass is 9.94. The second-order valence-corrected chi connectivity index (χ2v) is 7.63. The van der Waals surface area contributed by atoms with Crippen LogP contribution in [0.4, 0.5) is 0 Å². The van der Waals surface area contributed by atoms with Crippen LogP contribution in [0, 0.1) is 0 Å². The molecule has 0 bridgehead atoms. The van der Waals surface area contributed by atoms with Crippen LogP contribution in [0.25, 0.3) is 0 Å². The van der Waals surface area contributed by atoms with Gasteiger partial charge in [0.1, 0.15) is 11.3 Å². The van der Waals surface area contributed by atoms with Crippen molar-refractivity contribution in [1.82, 2.24) is 4.90 Å². The van der Waals surface area contributed by atoms with Gasteiger partial charge < -0.3 is 10.0 Å². The third kappa shape index (κ3) is 3.07. The quantitative estimate of drug-likeness (QED) is 0.875. The predicted molar refractivity (Wildman–Crippen MR) is 76.4 cm³/mol. The zero-order valence-electron chi connectivity index (χ0n) is 11.8. The van der Waals surface area contributed by atoms with Gasteiger partial charge in [0.2, 0.25) is 5.91 Å². The number of benzene rings is 1. The number of carboxylic acid groups (broad SMARTS) is 1. The molecule has 2 atom stereocenters. The van der Waals surface area contributed by atoms with Gasteiger partial charge in [-0.1, -0.05) is 24.3 Å². The largest absolute Gasteiger partial charge is 0.480 e. The highest BCUT2D eigenvalue weighted by Crippen LogP contribution is 2.25. The molecule has 114 valence electrons. The number of nitrogens with zero attached hydrogens (tertiary/aromatic N) is 1. The Balaban J connectivity index is 2.37. The maximum Gasteiger partial charge on any atom is 0.326 e. The molecule has 0 saturated carbocycles. The van der Waals surface area contributed by atoms with E-state index < -0.39 is 33.0 Å². The Morgan fingerprint density at radius 1 is 1.29 bits per heavy atom. The van der Waals surface area contributed by atoms with Crippen LogP contribution in [0.2, 0.25) is 0 Å². The fraction of sp³-hybridized carbons (Fsp3) is 0.429. The monoisotopic (exact) mass is 311 g/mol. The number of sulfone groups is 1. The van der Waals surface area contributed by atoms with Crippen molar-refractivity contribution in [2.45, 2.75) is 31.2 Å². The summed E-state index contributed by atoms with van der Waals surface area (Å²) in [4.78, 5) is 24.9. The van der Waals surface area contributed by atoms with E-state index in [1.165, 1.54) is 6.92 Å². The first-order valence-corrected chi connectivity index (χ1v) is 8.46. The van der Waals surface area contributed by atoms with Crippen LogP contribution in [0.3, 0.4) is 0 Å². The van der Waals surface area contributed by atoms with E-state index in [9.17, 15) is 23.1 Å². The molecule has 6 nitrogen and oxygen atoms in total. The van der Waals surface area contributed by atoms with E-state index in [0.717, 1.165) is 22.3 Å². The maximum absolute atomic E-state index is 12.4. The zero-order valence-corrected chi connectivity index (χ0v) is 12.6. The molecule has 0 saturated heterocycles. The number of aliphatic carboxylic acids is 1. The number of carboxylic acids is 1. The molecule has 1 N–H and O–H groups in total. The van der Waals surface area contributed by atoms with Crippen LogP contribution in [-0.4, -0.2) is 47.8 Å². The molecule has 0 aliphatic carbocycles. The van der Waals surface area contributed by atoms with Gasteiger partial charge in [-0.05, 0) is 18.1 Å². The average Bonchev–Trinajstić information content (AvgIpc) is 2.43. The molecule has 1 amide bonds. The maximum atomic E-state index is 12.4. The summed E-state index contributed by atoms with van der Waals surface area (Å²) in [6.07, 6.45) is 1.16. The average molecular weight is 311 g/mol. The number of hydrogen-bond donors (Lipinski definition) is 1. The van der Waals surface area contributed by atoms with Gasteiger partial charge in [0, 0.05) is 19.2 Å². The van der Waals surface area contributed by atoms with Crippen LogP contribution >= 0.6 is 0 Å². The Hall–Kier alpha value is -1.89. The number of hydrogen-bond acceptors (Lipinski definition) is 4. The molecule has 0 fully saturated rings. The molecule has 1 aromatic carbocycles. The van der Waals surface area contributed by atoms with Gasteiger partial charge in [0.15, 0.2) is 9.84 Å². The van der Waals surface area contributed by atoms with E-state index in [0.29, 0.717) is 0 Å². The molecule has 0 aromatic heterocycles. The minimum absolute atomic E-state index is 0.117. The van der Waals surface area contributed by atoms with Crippen molar-refractivity contribution < 1.29 is 23.1 Å². The molecule has 21 heavy (non-hydrogen) atoms. The van der Waals surface area contributed by atoms with Gasteiger partial charge in [0.25, 0.3) is 0 Å². The van der Waals surface area contributed by atoms with Gasteiger partial charge in [-0.25, -0.2) is 13.2 Å². The van der Waals surface area contributed by atoms with Crippen LogP contribution in [0.5, 0.6) is 0 Å². The summed E-state index contributed by atoms with van der Waals surface area (Å²) in [5.74, 6) is -1.79. The van der Waals surface area contributed by atoms with E-state index in [1.807, 2.05) is 24.3 Å². The first-order chi connectivity index (χ1) is 9.71. The summed E-state index contributed by atoms with van der Waals surface area (Å²) in [7, 11) is -3.56. The Labute approximate surface area is 123 Å². The van der Waals surface area contributed by atoms with Crippen molar-refractivity contribution in [3.05, 3.63) is 35.4 Å². The first-order valence-electron chi connectivity index (χ1n) is 6.50. The van der Waals surface area contributed by atoms with Gasteiger partial charge in [0.05, 0.1) is 0 Å². The van der Waals surface area contributed by atoms with E-state index in [2.05, 4.69) is 0 Å². The van der Waals surface area contributed by atoms with Crippen LogP contribution in [0.15, 0.2) is 24.3 Å². The normalized spacial score (nSPS) is 19.7. The minimum atomic E-state index is -3.56. The molecule has 0 spiro atoms.